The molecule has 0 rings (SSSR count). The fourth-order valence-corrected chi connectivity index (χ4v) is 1.91. The minimum Gasteiger partial charge on any atom is -0.481 e. The maximum Gasteiger partial charge on any atom is 0.317 e. The first kappa shape index (κ1) is 13.2. The SMILES string of the molecule is CN(C)CCSC(CC(=O)O)C(=O)O. The molecule has 0 aliphatic carbocycles. The quantitative estimate of drug-likeness (QED) is 0.640. The average Bonchev–Trinajstić information content (AvgIpc) is 2.00. The van der Waals surface area contributed by atoms with Gasteiger partial charge in [-0.25, -0.2) is 0 Å². The lowest BCUT2D eigenvalue weighted by molar-refractivity contribution is -0.142. The van der Waals surface area contributed by atoms with Crippen LogP contribution in [0.3, 0.4) is 0 Å². The van der Waals surface area contributed by atoms with E-state index in [4.69, 9.17) is 10.2 Å². The molecular formula is C8H15NO4S. The minimum atomic E-state index is -1.07. The van der Waals surface area contributed by atoms with E-state index in [1.807, 2.05) is 19.0 Å². The summed E-state index contributed by atoms with van der Waals surface area (Å²) in [6.45, 7) is 0.744. The van der Waals surface area contributed by atoms with E-state index in [1.54, 1.807) is 0 Å². The molecule has 0 heterocycles. The van der Waals surface area contributed by atoms with Gasteiger partial charge in [0.15, 0.2) is 0 Å². The van der Waals surface area contributed by atoms with Gasteiger partial charge in [-0.3, -0.25) is 9.59 Å². The Hall–Kier alpha value is -0.750. The van der Waals surface area contributed by atoms with E-state index in [1.165, 1.54) is 0 Å². The van der Waals surface area contributed by atoms with Crippen LogP contribution in [-0.2, 0) is 9.59 Å². The third kappa shape index (κ3) is 6.73. The molecule has 82 valence electrons. The van der Waals surface area contributed by atoms with Gasteiger partial charge in [-0.15, -0.1) is 11.8 Å². The second-order valence-corrected chi connectivity index (χ2v) is 4.41. The molecule has 0 aromatic heterocycles. The monoisotopic (exact) mass is 221 g/mol. The summed E-state index contributed by atoms with van der Waals surface area (Å²) in [7, 11) is 3.76. The predicted octanol–water partition coefficient (Wildman–Crippen LogP) is 0.209. The zero-order chi connectivity index (χ0) is 11.1. The number of nitrogens with zero attached hydrogens (tertiary/aromatic N) is 1. The molecule has 6 heteroatoms. The Morgan fingerprint density at radius 1 is 1.36 bits per heavy atom. The third-order valence-corrected chi connectivity index (χ3v) is 2.68. The minimum absolute atomic E-state index is 0.326. The summed E-state index contributed by atoms with van der Waals surface area (Å²) in [6, 6.07) is 0. The van der Waals surface area contributed by atoms with E-state index >= 15 is 0 Å². The van der Waals surface area contributed by atoms with Gasteiger partial charge in [0, 0.05) is 12.3 Å². The lowest BCUT2D eigenvalue weighted by Gasteiger charge is -2.12. The van der Waals surface area contributed by atoms with E-state index < -0.39 is 17.2 Å². The number of aliphatic carboxylic acids is 2. The number of carboxylic acids is 2. The van der Waals surface area contributed by atoms with Crippen molar-refractivity contribution in [2.45, 2.75) is 11.7 Å². The van der Waals surface area contributed by atoms with Crippen LogP contribution in [-0.4, -0.2) is 58.7 Å². The Morgan fingerprint density at radius 3 is 2.29 bits per heavy atom. The van der Waals surface area contributed by atoms with Crippen LogP contribution in [0.15, 0.2) is 0 Å². The molecule has 0 aliphatic rings. The van der Waals surface area contributed by atoms with Crippen molar-refractivity contribution in [1.29, 1.82) is 0 Å². The fourth-order valence-electron chi connectivity index (χ4n) is 0.754. The van der Waals surface area contributed by atoms with Crippen LogP contribution in [0.4, 0.5) is 0 Å². The van der Waals surface area contributed by atoms with Gasteiger partial charge in [-0.05, 0) is 14.1 Å². The summed E-state index contributed by atoms with van der Waals surface area (Å²) in [5, 5.41) is 16.3. The number of hydrogen-bond acceptors (Lipinski definition) is 4. The Labute approximate surface area is 87.1 Å². The van der Waals surface area contributed by atoms with Gasteiger partial charge in [0.2, 0.25) is 0 Å². The van der Waals surface area contributed by atoms with Crippen molar-refractivity contribution in [1.82, 2.24) is 4.90 Å². The van der Waals surface area contributed by atoms with Crippen LogP contribution in [0.5, 0.6) is 0 Å². The molecule has 0 aromatic carbocycles. The molecule has 0 bridgehead atoms. The Kier molecular flexibility index (Phi) is 6.31. The fraction of sp³-hybridized carbons (Fsp3) is 0.750. The smallest absolute Gasteiger partial charge is 0.317 e. The topological polar surface area (TPSA) is 77.8 Å². The predicted molar refractivity (Wildman–Crippen MR) is 54.7 cm³/mol. The van der Waals surface area contributed by atoms with Crippen molar-refractivity contribution in [2.75, 3.05) is 26.4 Å². The Bertz CT molecular complexity index is 208. The molecule has 0 aromatic rings. The molecule has 14 heavy (non-hydrogen) atoms. The van der Waals surface area contributed by atoms with E-state index in [-0.39, 0.29) is 6.42 Å². The Balaban J connectivity index is 3.86. The molecule has 5 nitrogen and oxygen atoms in total. The van der Waals surface area contributed by atoms with Crippen LogP contribution in [0.25, 0.3) is 0 Å². The second-order valence-electron chi connectivity index (χ2n) is 3.10. The van der Waals surface area contributed by atoms with Gasteiger partial charge in [0.25, 0.3) is 0 Å². The highest BCUT2D eigenvalue weighted by atomic mass is 32.2. The highest BCUT2D eigenvalue weighted by Gasteiger charge is 2.20. The zero-order valence-electron chi connectivity index (χ0n) is 8.27. The molecule has 2 N–H and O–H groups in total. The maximum absolute atomic E-state index is 10.6. The molecule has 1 unspecified atom stereocenters. The van der Waals surface area contributed by atoms with E-state index in [9.17, 15) is 9.59 Å². The standard InChI is InChI=1S/C8H15NO4S/c1-9(2)3-4-14-6(8(12)13)5-7(10)11/h6H,3-5H2,1-2H3,(H,10,11)(H,12,13). The van der Waals surface area contributed by atoms with Crippen LogP contribution in [0, 0.1) is 0 Å². The van der Waals surface area contributed by atoms with Crippen molar-refractivity contribution < 1.29 is 19.8 Å². The lowest BCUT2D eigenvalue weighted by Crippen LogP contribution is -2.23. The van der Waals surface area contributed by atoms with Gasteiger partial charge >= 0.3 is 11.9 Å². The lowest BCUT2D eigenvalue weighted by atomic mass is 10.3. The van der Waals surface area contributed by atoms with Crippen molar-refractivity contribution in [3.8, 4) is 0 Å². The number of hydrogen-bond donors (Lipinski definition) is 2. The normalized spacial score (nSPS) is 12.8. The molecule has 0 saturated carbocycles. The van der Waals surface area contributed by atoms with Crippen molar-refractivity contribution >= 4 is 23.7 Å². The van der Waals surface area contributed by atoms with Gasteiger partial charge in [0.05, 0.1) is 6.42 Å². The van der Waals surface area contributed by atoms with E-state index in [0.717, 1.165) is 18.3 Å². The van der Waals surface area contributed by atoms with Gasteiger partial charge in [-0.2, -0.15) is 0 Å². The van der Waals surface area contributed by atoms with Gasteiger partial charge in [0.1, 0.15) is 5.25 Å². The number of carboxylic acid groups (broad SMARTS) is 2. The van der Waals surface area contributed by atoms with Crippen LogP contribution < -0.4 is 0 Å². The zero-order valence-corrected chi connectivity index (χ0v) is 9.08. The number of rotatable bonds is 7. The van der Waals surface area contributed by atoms with Crippen LogP contribution >= 0.6 is 11.8 Å². The highest BCUT2D eigenvalue weighted by molar-refractivity contribution is 8.00. The summed E-state index contributed by atoms with van der Waals surface area (Å²) in [5.74, 6) is -1.51. The summed E-state index contributed by atoms with van der Waals surface area (Å²) < 4.78 is 0. The second kappa shape index (κ2) is 6.67. The highest BCUT2D eigenvalue weighted by Crippen LogP contribution is 2.14. The van der Waals surface area contributed by atoms with Crippen LogP contribution in [0.1, 0.15) is 6.42 Å². The average molecular weight is 221 g/mol. The molecule has 0 aliphatic heterocycles. The third-order valence-electron chi connectivity index (χ3n) is 1.49. The molecule has 0 saturated heterocycles. The molecule has 0 spiro atoms. The molecule has 1 atom stereocenters. The first-order valence-corrected chi connectivity index (χ1v) is 5.19. The summed E-state index contributed by atoms with van der Waals surface area (Å²) in [5.41, 5.74) is 0. The van der Waals surface area contributed by atoms with Gasteiger partial charge in [-0.1, -0.05) is 0 Å². The number of thioether (sulfide) groups is 1. The molecular weight excluding hydrogens is 206 g/mol. The molecule has 0 radical (unpaired) electrons. The van der Waals surface area contributed by atoms with Crippen molar-refractivity contribution in [3.63, 3.8) is 0 Å². The number of carbonyl (C=O) groups is 2. The maximum atomic E-state index is 10.6. The van der Waals surface area contributed by atoms with Crippen LogP contribution in [0.2, 0.25) is 0 Å². The largest absolute Gasteiger partial charge is 0.481 e. The first-order chi connectivity index (χ1) is 6.43. The van der Waals surface area contributed by atoms with Gasteiger partial charge < -0.3 is 15.1 Å². The summed E-state index contributed by atoms with van der Waals surface area (Å²) in [6.07, 6.45) is -0.326. The van der Waals surface area contributed by atoms with Crippen molar-refractivity contribution in [3.05, 3.63) is 0 Å². The molecule has 0 fully saturated rings. The first-order valence-electron chi connectivity index (χ1n) is 4.14. The van der Waals surface area contributed by atoms with E-state index in [2.05, 4.69) is 0 Å². The summed E-state index contributed by atoms with van der Waals surface area (Å²) in [4.78, 5) is 22.9. The summed E-state index contributed by atoms with van der Waals surface area (Å²) >= 11 is 1.16. The van der Waals surface area contributed by atoms with Crippen molar-refractivity contribution in [2.24, 2.45) is 0 Å². The van der Waals surface area contributed by atoms with E-state index in [0.29, 0.717) is 5.75 Å². The molecule has 0 amide bonds. The Morgan fingerprint density at radius 2 is 1.93 bits per heavy atom.